The van der Waals surface area contributed by atoms with Crippen molar-refractivity contribution in [2.24, 2.45) is 0 Å². The lowest BCUT2D eigenvalue weighted by Crippen LogP contribution is -2.04. The van der Waals surface area contributed by atoms with Crippen LogP contribution in [0.4, 0.5) is 0 Å². The summed E-state index contributed by atoms with van der Waals surface area (Å²) >= 11 is 7.27. The van der Waals surface area contributed by atoms with Crippen molar-refractivity contribution in [3.05, 3.63) is 33.5 Å². The van der Waals surface area contributed by atoms with Gasteiger partial charge in [0.25, 0.3) is 0 Å². The second-order valence-electron chi connectivity index (χ2n) is 3.63. The number of rotatable bonds is 3. The Bertz CT molecular complexity index is 499. The minimum atomic E-state index is 0.356. The van der Waals surface area contributed by atoms with Crippen LogP contribution < -0.4 is 0 Å². The molecule has 0 aromatic carbocycles. The Balaban J connectivity index is 2.20. The first-order valence-corrected chi connectivity index (χ1v) is 6.19. The van der Waals surface area contributed by atoms with Gasteiger partial charge in [-0.05, 0) is 32.1 Å². The number of hydrogen-bond acceptors (Lipinski definition) is 3. The number of thiazole rings is 1. The Morgan fingerprint density at radius 3 is 2.88 bits per heavy atom. The zero-order chi connectivity index (χ0) is 11.5. The van der Waals surface area contributed by atoms with Crippen molar-refractivity contribution in [1.82, 2.24) is 14.8 Å². The maximum Gasteiger partial charge on any atom is 0.117 e. The van der Waals surface area contributed by atoms with Crippen molar-refractivity contribution < 1.29 is 0 Å². The Morgan fingerprint density at radius 1 is 1.44 bits per heavy atom. The highest BCUT2D eigenvalue weighted by Crippen LogP contribution is 2.20. The lowest BCUT2D eigenvalue weighted by Gasteiger charge is -2.07. The van der Waals surface area contributed by atoms with E-state index in [4.69, 9.17) is 11.6 Å². The lowest BCUT2D eigenvalue weighted by molar-refractivity contribution is 0.528. The molecule has 0 aliphatic carbocycles. The molecule has 0 bridgehead atoms. The van der Waals surface area contributed by atoms with Gasteiger partial charge in [0.15, 0.2) is 0 Å². The van der Waals surface area contributed by atoms with Crippen molar-refractivity contribution in [2.75, 3.05) is 0 Å². The topological polar surface area (TPSA) is 30.7 Å². The van der Waals surface area contributed by atoms with Gasteiger partial charge in [0.2, 0.25) is 0 Å². The maximum atomic E-state index is 5.81. The van der Waals surface area contributed by atoms with Crippen LogP contribution in [-0.4, -0.2) is 14.8 Å². The van der Waals surface area contributed by atoms with Gasteiger partial charge in [-0.15, -0.1) is 11.3 Å². The minimum Gasteiger partial charge on any atom is -0.263 e. The smallest absolute Gasteiger partial charge is 0.117 e. The van der Waals surface area contributed by atoms with Gasteiger partial charge in [-0.1, -0.05) is 11.6 Å². The summed E-state index contributed by atoms with van der Waals surface area (Å²) in [5.74, 6) is 0. The predicted octanol–water partition coefficient (Wildman–Crippen LogP) is 3.74. The van der Waals surface area contributed by atoms with Crippen LogP contribution in [0.1, 0.15) is 30.6 Å². The molecule has 0 saturated carbocycles. The van der Waals surface area contributed by atoms with Crippen molar-refractivity contribution in [2.45, 2.75) is 19.9 Å². The Kier molecular flexibility index (Phi) is 3.41. The van der Waals surface area contributed by atoms with Crippen molar-refractivity contribution >= 4 is 35.1 Å². The van der Waals surface area contributed by atoms with E-state index in [-0.39, 0.29) is 0 Å². The molecule has 0 N–H and O–H groups in total. The van der Waals surface area contributed by atoms with Gasteiger partial charge in [-0.25, -0.2) is 4.98 Å². The molecule has 0 aliphatic heterocycles. The van der Waals surface area contributed by atoms with Crippen LogP contribution in [-0.2, 0) is 0 Å². The minimum absolute atomic E-state index is 0.356. The molecule has 84 valence electrons. The Morgan fingerprint density at radius 2 is 2.25 bits per heavy atom. The highest BCUT2D eigenvalue weighted by Gasteiger charge is 2.02. The first-order valence-electron chi connectivity index (χ1n) is 5.00. The van der Waals surface area contributed by atoms with Gasteiger partial charge in [-0.3, -0.25) is 4.68 Å². The first kappa shape index (κ1) is 11.4. The fourth-order valence-corrected chi connectivity index (χ4v) is 2.22. The number of nitrogens with zero attached hydrogens (tertiary/aromatic N) is 3. The van der Waals surface area contributed by atoms with E-state index >= 15 is 0 Å². The number of hydrogen-bond donors (Lipinski definition) is 0. The molecule has 3 nitrogen and oxygen atoms in total. The van der Waals surface area contributed by atoms with Crippen molar-refractivity contribution in [3.63, 3.8) is 0 Å². The molecule has 0 saturated heterocycles. The second kappa shape index (κ2) is 4.80. The van der Waals surface area contributed by atoms with E-state index in [0.29, 0.717) is 10.4 Å². The van der Waals surface area contributed by atoms with Gasteiger partial charge < -0.3 is 0 Å². The van der Waals surface area contributed by atoms with Crippen LogP contribution in [0.5, 0.6) is 0 Å². The molecule has 5 heteroatoms. The van der Waals surface area contributed by atoms with Crippen LogP contribution in [0.3, 0.4) is 0 Å². The molecular formula is C11H12ClN3S. The van der Waals surface area contributed by atoms with E-state index in [2.05, 4.69) is 23.9 Å². The SMILES string of the molecule is CC(C)n1nccc1/C=C/c1ncc(Cl)s1. The molecule has 0 atom stereocenters. The van der Waals surface area contributed by atoms with E-state index in [9.17, 15) is 0 Å². The molecular weight excluding hydrogens is 242 g/mol. The summed E-state index contributed by atoms with van der Waals surface area (Å²) in [5.41, 5.74) is 1.07. The summed E-state index contributed by atoms with van der Waals surface area (Å²) in [6.07, 6.45) is 7.41. The van der Waals surface area contributed by atoms with Crippen LogP contribution in [0.25, 0.3) is 12.2 Å². The molecule has 2 heterocycles. The summed E-state index contributed by atoms with van der Waals surface area (Å²) in [6, 6.07) is 2.33. The standard InChI is InChI=1S/C11H12ClN3S/c1-8(2)15-9(5-6-14-15)3-4-11-13-7-10(12)16-11/h3-8H,1-2H3/b4-3+. The molecule has 0 aliphatic rings. The largest absolute Gasteiger partial charge is 0.263 e. The van der Waals surface area contributed by atoms with Crippen LogP contribution in [0.2, 0.25) is 4.34 Å². The van der Waals surface area contributed by atoms with Crippen LogP contribution in [0.15, 0.2) is 18.5 Å². The van der Waals surface area contributed by atoms with Gasteiger partial charge in [0, 0.05) is 12.2 Å². The molecule has 2 rings (SSSR count). The Hall–Kier alpha value is -1.13. The van der Waals surface area contributed by atoms with Crippen molar-refractivity contribution in [1.29, 1.82) is 0 Å². The fourth-order valence-electron chi connectivity index (χ4n) is 1.39. The lowest BCUT2D eigenvalue weighted by atomic mass is 10.3. The zero-order valence-electron chi connectivity index (χ0n) is 9.09. The number of aromatic nitrogens is 3. The van der Waals surface area contributed by atoms with E-state index in [1.54, 1.807) is 12.4 Å². The zero-order valence-corrected chi connectivity index (χ0v) is 10.7. The van der Waals surface area contributed by atoms with E-state index in [0.717, 1.165) is 10.7 Å². The summed E-state index contributed by atoms with van der Waals surface area (Å²) in [7, 11) is 0. The van der Waals surface area contributed by atoms with Gasteiger partial charge >= 0.3 is 0 Å². The van der Waals surface area contributed by atoms with Gasteiger partial charge in [0.1, 0.15) is 9.34 Å². The van der Waals surface area contributed by atoms with E-state index in [1.165, 1.54) is 11.3 Å². The average Bonchev–Trinajstić information content (AvgIpc) is 2.83. The molecule has 0 unspecified atom stereocenters. The maximum absolute atomic E-state index is 5.81. The Labute approximate surface area is 103 Å². The summed E-state index contributed by atoms with van der Waals surface area (Å²) in [4.78, 5) is 4.16. The van der Waals surface area contributed by atoms with Crippen LogP contribution in [0, 0.1) is 0 Å². The fraction of sp³-hybridized carbons (Fsp3) is 0.273. The van der Waals surface area contributed by atoms with E-state index < -0.39 is 0 Å². The van der Waals surface area contributed by atoms with Gasteiger partial charge in [0.05, 0.1) is 11.9 Å². The van der Waals surface area contributed by atoms with Gasteiger partial charge in [-0.2, -0.15) is 5.10 Å². The normalized spacial score (nSPS) is 11.8. The highest BCUT2D eigenvalue weighted by atomic mass is 35.5. The molecule has 2 aromatic heterocycles. The molecule has 0 fully saturated rings. The first-order chi connectivity index (χ1) is 7.66. The third-order valence-electron chi connectivity index (χ3n) is 2.08. The molecule has 2 aromatic rings. The van der Waals surface area contributed by atoms with Crippen LogP contribution >= 0.6 is 22.9 Å². The monoisotopic (exact) mass is 253 g/mol. The summed E-state index contributed by atoms with van der Waals surface area (Å²) in [6.45, 7) is 4.20. The molecule has 16 heavy (non-hydrogen) atoms. The van der Waals surface area contributed by atoms with E-state index in [1.807, 2.05) is 22.9 Å². The predicted molar refractivity (Wildman–Crippen MR) is 68.7 cm³/mol. The summed E-state index contributed by atoms with van der Waals surface area (Å²) < 4.78 is 2.67. The quantitative estimate of drug-likeness (QED) is 0.834. The van der Waals surface area contributed by atoms with Crippen molar-refractivity contribution in [3.8, 4) is 0 Å². The molecule has 0 amide bonds. The second-order valence-corrected chi connectivity index (χ2v) is 5.32. The number of halogens is 1. The average molecular weight is 254 g/mol. The third-order valence-corrected chi connectivity index (χ3v) is 3.16. The third kappa shape index (κ3) is 2.51. The molecule has 0 spiro atoms. The summed E-state index contributed by atoms with van der Waals surface area (Å²) in [5, 5.41) is 5.16. The molecule has 0 radical (unpaired) electrons. The highest BCUT2D eigenvalue weighted by molar-refractivity contribution is 7.16.